The van der Waals surface area contributed by atoms with Gasteiger partial charge in [0.15, 0.2) is 0 Å². The van der Waals surface area contributed by atoms with Gasteiger partial charge in [0.1, 0.15) is 72.4 Å². The number of aliphatic imine (C=N–C) groups is 4. The van der Waals surface area contributed by atoms with Gasteiger partial charge in [-0.3, -0.25) is 20.0 Å². The lowest BCUT2D eigenvalue weighted by atomic mass is 9.84. The summed E-state index contributed by atoms with van der Waals surface area (Å²) >= 11 is 0. The summed E-state index contributed by atoms with van der Waals surface area (Å²) in [4.78, 5) is 21.3. The third-order valence-electron chi connectivity index (χ3n) is 22.9. The van der Waals surface area contributed by atoms with Crippen LogP contribution in [-0.4, -0.2) is 69.5 Å². The summed E-state index contributed by atoms with van der Waals surface area (Å²) < 4.78 is 28.5. The van der Waals surface area contributed by atoms with Gasteiger partial charge in [0.25, 0.3) is 0 Å². The molecule has 12 heteroatoms. The maximum atomic E-state index is 12.6. The number of phenols is 4. The van der Waals surface area contributed by atoms with Gasteiger partial charge in [0.05, 0.1) is 24.2 Å². The summed E-state index contributed by atoms with van der Waals surface area (Å²) in [6.45, 7) is 26.2. The molecule has 2 aliphatic carbocycles. The fourth-order valence-electron chi connectivity index (χ4n) is 16.2. The lowest BCUT2D eigenvalue weighted by Crippen LogP contribution is -2.27. The van der Waals surface area contributed by atoms with Crippen LogP contribution in [0.5, 0.6) is 46.0 Å². The topological polar surface area (TPSA) is 167 Å². The maximum Gasteiger partial charge on any atom is 0.130 e. The molecule has 3 aliphatic rings. The summed E-state index contributed by atoms with van der Waals surface area (Å²) in [6.07, 6.45) is 14.4. The predicted molar refractivity (Wildman–Crippen MR) is 461 cm³/mol. The number of rotatable bonds is 0. The Morgan fingerprint density at radius 3 is 0.679 bits per heavy atom. The van der Waals surface area contributed by atoms with E-state index in [0.29, 0.717) is 67.5 Å². The zero-order valence-electron chi connectivity index (χ0n) is 66.8. The van der Waals surface area contributed by atoms with Crippen LogP contribution in [-0.2, 0) is 48.1 Å². The first-order valence-corrected chi connectivity index (χ1v) is 39.9. The van der Waals surface area contributed by atoms with Crippen molar-refractivity contribution >= 4 is 67.9 Å². The van der Waals surface area contributed by atoms with Crippen LogP contribution in [0.25, 0.3) is 65.3 Å². The van der Waals surface area contributed by atoms with E-state index in [-0.39, 0.29) is 95.3 Å². The molecule has 4 N–H and O–H groups in total. The van der Waals surface area contributed by atoms with Crippen LogP contribution in [0.1, 0.15) is 201 Å². The van der Waals surface area contributed by atoms with Crippen molar-refractivity contribution in [1.82, 2.24) is 0 Å². The predicted octanol–water partition coefficient (Wildman–Crippen LogP) is 24.0. The van der Waals surface area contributed by atoms with Gasteiger partial charge in [0, 0.05) is 91.6 Å². The third kappa shape index (κ3) is 16.0. The van der Waals surface area contributed by atoms with E-state index in [1.807, 2.05) is 122 Å². The van der Waals surface area contributed by atoms with Crippen LogP contribution < -0.4 is 18.9 Å². The molecule has 15 rings (SSSR count). The number of fused-ring (bicyclic) bond motifs is 24. The molecule has 0 amide bonds. The Hall–Kier alpha value is -11.2. The van der Waals surface area contributed by atoms with Crippen LogP contribution in [0.15, 0.2) is 214 Å². The molecule has 4 atom stereocenters. The first-order chi connectivity index (χ1) is 53.7. The summed E-state index contributed by atoms with van der Waals surface area (Å²) in [5.41, 5.74) is 11.0. The second-order valence-corrected chi connectivity index (χ2v) is 35.0. The zero-order chi connectivity index (χ0) is 78.4. The number of nitrogens with zero attached hydrogens (tertiary/aromatic N) is 4. The van der Waals surface area contributed by atoms with Crippen LogP contribution in [0.2, 0.25) is 0 Å². The van der Waals surface area contributed by atoms with Crippen molar-refractivity contribution < 1.29 is 39.4 Å². The lowest BCUT2D eigenvalue weighted by Gasteiger charge is -2.26. The summed E-state index contributed by atoms with van der Waals surface area (Å²) in [6, 6.07) is 65.2. The van der Waals surface area contributed by atoms with E-state index in [1.165, 1.54) is 0 Å². The first-order valence-electron chi connectivity index (χ1n) is 39.9. The molecular formula is C100H104N4O8. The Morgan fingerprint density at radius 1 is 0.268 bits per heavy atom. The highest BCUT2D eigenvalue weighted by molar-refractivity contribution is 6.11. The van der Waals surface area contributed by atoms with Gasteiger partial charge in [-0.2, -0.15) is 0 Å². The normalized spacial score (nSPS) is 17.7. The fourth-order valence-corrected chi connectivity index (χ4v) is 16.2. The number of benzene rings is 12. The van der Waals surface area contributed by atoms with Crippen molar-refractivity contribution in [2.75, 3.05) is 0 Å². The number of ether oxygens (including phenoxy) is 4. The summed E-state index contributed by atoms with van der Waals surface area (Å²) in [5, 5.41) is 58.3. The molecule has 12 aromatic carbocycles. The number of aromatic hydroxyl groups is 4. The Bertz CT molecular complexity index is 5000. The number of hydrogen-bond acceptors (Lipinski definition) is 12. The summed E-state index contributed by atoms with van der Waals surface area (Å²) in [7, 11) is 0. The van der Waals surface area contributed by atoms with E-state index in [0.717, 1.165) is 139 Å². The molecule has 12 nitrogen and oxygen atoms in total. The molecule has 0 aromatic heterocycles. The Balaban J connectivity index is 0.869. The van der Waals surface area contributed by atoms with Gasteiger partial charge in [-0.05, 0) is 185 Å². The molecule has 2 fully saturated rings. The van der Waals surface area contributed by atoms with E-state index in [4.69, 9.17) is 38.9 Å². The number of hydrogen-bond donors (Lipinski definition) is 4. The maximum absolute atomic E-state index is 12.6. The van der Waals surface area contributed by atoms with Gasteiger partial charge < -0.3 is 39.4 Å². The molecule has 0 unspecified atom stereocenters. The van der Waals surface area contributed by atoms with Crippen LogP contribution in [0.3, 0.4) is 0 Å². The highest BCUT2D eigenvalue weighted by Crippen LogP contribution is 2.50. The lowest BCUT2D eigenvalue weighted by molar-refractivity contribution is 0.296. The van der Waals surface area contributed by atoms with Crippen molar-refractivity contribution in [1.29, 1.82) is 0 Å². The van der Waals surface area contributed by atoms with Crippen molar-refractivity contribution in [3.8, 4) is 68.2 Å². The Kier molecular flexibility index (Phi) is 21.2. The highest BCUT2D eigenvalue weighted by Gasteiger charge is 2.31. The highest BCUT2D eigenvalue weighted by atomic mass is 16.5. The average Bonchev–Trinajstić information content (AvgIpc) is 0.753. The smallest absolute Gasteiger partial charge is 0.130 e. The van der Waals surface area contributed by atoms with Crippen LogP contribution in [0.4, 0.5) is 0 Å². The van der Waals surface area contributed by atoms with Gasteiger partial charge in [-0.1, -0.05) is 230 Å². The molecule has 0 saturated heterocycles. The van der Waals surface area contributed by atoms with Gasteiger partial charge in [0.2, 0.25) is 0 Å². The second kappa shape index (κ2) is 31.1. The molecule has 572 valence electrons. The van der Waals surface area contributed by atoms with E-state index < -0.39 is 0 Å². The van der Waals surface area contributed by atoms with E-state index in [9.17, 15) is 20.4 Å². The monoisotopic (exact) mass is 1490 g/mol. The second-order valence-electron chi connectivity index (χ2n) is 35.0. The SMILES string of the molecule is CC(C)(C)c1cc2c(O)c(c1)COc1ccc3ccccc3c1-c1c(ccc3ccccc13)OCc1cc(C(C)(C)C)cc(c1O)C=N[C@@H]1CCCC[C@H]1N=Cc1cc(C(C)(C)C)cc(c1O)COc1ccc3ccccc3c1-c1c(ccc3ccccc13)OCc1cc(C(C)(C)C)cc(c1O)C=N[C@@H]1CCCC[C@H]1N=C2. The van der Waals surface area contributed by atoms with E-state index >= 15 is 0 Å². The van der Waals surface area contributed by atoms with E-state index in [1.54, 1.807) is 0 Å². The Morgan fingerprint density at radius 2 is 0.473 bits per heavy atom. The van der Waals surface area contributed by atoms with Crippen LogP contribution in [0, 0.1) is 0 Å². The zero-order valence-corrected chi connectivity index (χ0v) is 66.8. The van der Waals surface area contributed by atoms with Crippen molar-refractivity contribution in [2.45, 2.75) is 207 Å². The molecule has 112 heavy (non-hydrogen) atoms. The number of phenolic OH excluding ortho intramolecular Hbond substituents is 4. The molecule has 0 radical (unpaired) electrons. The van der Waals surface area contributed by atoms with Gasteiger partial charge in [-0.25, -0.2) is 0 Å². The Labute approximate surface area is 659 Å². The quantitative estimate of drug-likeness (QED) is 0.116. The molecule has 1 aliphatic heterocycles. The van der Waals surface area contributed by atoms with Gasteiger partial charge >= 0.3 is 0 Å². The standard InChI is InChI=1S/C100H104N4O8/c1-97(2,3)73-45-65-53-101-81-33-21-22-34-82(81)102-54-66-46-74(98(4,5)6)51-71(94(66)106)59-111-87-43-39-63-27-15-19-31-79(63)91(87)92-80-32-20-16-28-64(80)40-44-88(92)112-60-72-52-76(100(10,11)12)48-68(96(72)108)56-104-84-36-24-23-35-83(84)103-55-67-47-75(99(7,8)9)50-70(95(67)107)58-110-86-42-38-62-26-14-18-30-78(62)90(86)89-77-29-17-13-25-61(77)37-41-85(89)109-57-69(49-73)93(65)105/h13-20,25-32,37-56,81-84,105-108H,21-24,33-36,57-60H2,1-12H3/t81-,82-,83-,84-/m1/s1. The average molecular weight is 1490 g/mol. The van der Waals surface area contributed by atoms with Crippen molar-refractivity contribution in [2.24, 2.45) is 20.0 Å². The summed E-state index contributed by atoms with van der Waals surface area (Å²) in [5.74, 6) is 2.77. The molecule has 2 saturated carbocycles. The first kappa shape index (κ1) is 76.1. The minimum absolute atomic E-state index is 0.0361. The molecular weight excluding hydrogens is 1390 g/mol. The third-order valence-corrected chi connectivity index (χ3v) is 22.9. The molecule has 0 spiro atoms. The minimum atomic E-state index is -0.308. The minimum Gasteiger partial charge on any atom is -0.507 e. The van der Waals surface area contributed by atoms with Crippen molar-refractivity contribution in [3.63, 3.8) is 0 Å². The van der Waals surface area contributed by atoms with Crippen molar-refractivity contribution in [3.05, 3.63) is 261 Å². The van der Waals surface area contributed by atoms with E-state index in [2.05, 4.69) is 180 Å². The molecule has 12 aromatic rings. The van der Waals surface area contributed by atoms with Gasteiger partial charge in [-0.15, -0.1) is 0 Å². The van der Waals surface area contributed by atoms with Crippen LogP contribution >= 0.6 is 0 Å². The largest absolute Gasteiger partial charge is 0.507 e. The molecule has 1 heterocycles. The molecule has 8 bridgehead atoms. The fraction of sp³-hybridized carbons (Fsp3) is 0.320.